The first-order valence-electron chi connectivity index (χ1n) is 6.71. The lowest BCUT2D eigenvalue weighted by molar-refractivity contribution is -0.137. The maximum atomic E-state index is 12.2. The summed E-state index contributed by atoms with van der Waals surface area (Å²) in [6.45, 7) is 0.128. The highest BCUT2D eigenvalue weighted by Crippen LogP contribution is 2.28. The van der Waals surface area contributed by atoms with E-state index >= 15 is 0 Å². The summed E-state index contributed by atoms with van der Waals surface area (Å²) < 4.78 is 0. The van der Waals surface area contributed by atoms with E-state index in [0.29, 0.717) is 11.3 Å². The third-order valence-electron chi connectivity index (χ3n) is 3.66. The van der Waals surface area contributed by atoms with Crippen molar-refractivity contribution in [1.29, 1.82) is 0 Å². The summed E-state index contributed by atoms with van der Waals surface area (Å²) in [6.07, 6.45) is 0.196. The van der Waals surface area contributed by atoms with E-state index in [1.54, 1.807) is 18.2 Å². The fraction of sp³-hybridized carbons (Fsp3) is 0.286. The molecule has 114 valence electrons. The number of carboxylic acid groups (broad SMARTS) is 1. The Bertz CT molecular complexity index is 700. The van der Waals surface area contributed by atoms with Gasteiger partial charge in [-0.05, 0) is 17.7 Å². The second-order valence-corrected chi connectivity index (χ2v) is 5.15. The smallest absolute Gasteiger partial charge is 0.328 e. The van der Waals surface area contributed by atoms with Crippen LogP contribution in [0.5, 0.6) is 0 Å². The lowest BCUT2D eigenvalue weighted by Gasteiger charge is -2.26. The molecule has 8 heteroatoms. The van der Waals surface area contributed by atoms with Crippen LogP contribution in [0.15, 0.2) is 18.2 Å². The Morgan fingerprint density at radius 1 is 1.27 bits per heavy atom. The number of benzene rings is 1. The van der Waals surface area contributed by atoms with Gasteiger partial charge >= 0.3 is 12.0 Å². The van der Waals surface area contributed by atoms with Gasteiger partial charge in [-0.25, -0.2) is 4.79 Å². The molecular weight excluding hydrogens is 290 g/mol. The number of anilines is 1. The third-order valence-corrected chi connectivity index (χ3v) is 3.66. The van der Waals surface area contributed by atoms with Crippen molar-refractivity contribution in [2.75, 3.05) is 18.0 Å². The highest BCUT2D eigenvalue weighted by molar-refractivity contribution is 6.07. The van der Waals surface area contributed by atoms with Crippen LogP contribution in [0.2, 0.25) is 0 Å². The Hall–Kier alpha value is -2.90. The molecule has 1 aromatic rings. The summed E-state index contributed by atoms with van der Waals surface area (Å²) in [6, 6.07) is 4.43. The molecule has 0 saturated carbocycles. The molecule has 0 spiro atoms. The average molecular weight is 303 g/mol. The lowest BCUT2D eigenvalue weighted by atomic mass is 10.1. The van der Waals surface area contributed by atoms with Crippen LogP contribution in [0.1, 0.15) is 22.3 Å². The Morgan fingerprint density at radius 3 is 2.73 bits per heavy atom. The van der Waals surface area contributed by atoms with Gasteiger partial charge in [-0.1, -0.05) is 6.07 Å². The molecule has 8 nitrogen and oxygen atoms in total. The van der Waals surface area contributed by atoms with Gasteiger partial charge in [0.05, 0.1) is 0 Å². The molecule has 1 fully saturated rings. The number of hydrogen-bond acceptors (Lipinski definition) is 4. The Morgan fingerprint density at radius 2 is 2.05 bits per heavy atom. The zero-order chi connectivity index (χ0) is 15.9. The molecule has 0 bridgehead atoms. The molecule has 1 saturated heterocycles. The summed E-state index contributed by atoms with van der Waals surface area (Å²) in [4.78, 5) is 48.5. The summed E-state index contributed by atoms with van der Waals surface area (Å²) >= 11 is 0. The number of amides is 4. The molecular formula is C14H13N3O5. The highest BCUT2D eigenvalue weighted by Gasteiger charge is 2.31. The molecule has 2 N–H and O–H groups in total. The summed E-state index contributed by atoms with van der Waals surface area (Å²) in [5.74, 6) is -1.77. The normalized spacial score (nSPS) is 17.5. The van der Waals surface area contributed by atoms with Gasteiger partial charge in [0.2, 0.25) is 5.91 Å². The van der Waals surface area contributed by atoms with Crippen molar-refractivity contribution in [2.24, 2.45) is 0 Å². The van der Waals surface area contributed by atoms with E-state index in [-0.39, 0.29) is 37.9 Å². The number of nitrogens with zero attached hydrogens (tertiary/aromatic N) is 2. The van der Waals surface area contributed by atoms with Crippen molar-refractivity contribution in [2.45, 2.75) is 13.0 Å². The average Bonchev–Trinajstić information content (AvgIpc) is 2.74. The molecule has 1 aromatic carbocycles. The number of hydrogen-bond donors (Lipinski definition) is 2. The first kappa shape index (κ1) is 14.1. The standard InChI is InChI=1S/C14H13N3O5/c18-11-3-4-17(14(22)15-11)9-2-1-8-6-16(7-12(19)20)13(21)10(8)5-9/h1-2,5H,3-4,6-7H2,(H,19,20)(H,15,18,22). The van der Waals surface area contributed by atoms with Crippen LogP contribution >= 0.6 is 0 Å². The van der Waals surface area contributed by atoms with Crippen LogP contribution in [0.4, 0.5) is 10.5 Å². The van der Waals surface area contributed by atoms with E-state index in [1.807, 2.05) is 0 Å². The number of fused-ring (bicyclic) bond motifs is 1. The molecule has 22 heavy (non-hydrogen) atoms. The fourth-order valence-electron chi connectivity index (χ4n) is 2.62. The van der Waals surface area contributed by atoms with Crippen LogP contribution in [0.3, 0.4) is 0 Å². The van der Waals surface area contributed by atoms with Gasteiger partial charge in [-0.2, -0.15) is 0 Å². The van der Waals surface area contributed by atoms with Gasteiger partial charge in [0.25, 0.3) is 5.91 Å². The zero-order valence-electron chi connectivity index (χ0n) is 11.5. The van der Waals surface area contributed by atoms with Crippen LogP contribution < -0.4 is 10.2 Å². The monoisotopic (exact) mass is 303 g/mol. The maximum absolute atomic E-state index is 12.2. The first-order chi connectivity index (χ1) is 10.5. The molecule has 3 rings (SSSR count). The number of nitrogens with one attached hydrogen (secondary N) is 1. The number of carbonyl (C=O) groups excluding carboxylic acids is 3. The van der Waals surface area contributed by atoms with Gasteiger partial charge < -0.3 is 10.0 Å². The fourth-order valence-corrected chi connectivity index (χ4v) is 2.62. The quantitative estimate of drug-likeness (QED) is 0.828. The minimum Gasteiger partial charge on any atom is -0.480 e. The molecule has 0 aliphatic carbocycles. The molecule has 4 amide bonds. The molecule has 2 aliphatic heterocycles. The summed E-state index contributed by atoms with van der Waals surface area (Å²) in [5.41, 5.74) is 1.63. The Labute approximate surface area is 125 Å². The van der Waals surface area contributed by atoms with Gasteiger partial charge in [0, 0.05) is 30.8 Å². The number of urea groups is 1. The minimum absolute atomic E-state index is 0.196. The van der Waals surface area contributed by atoms with Gasteiger partial charge in [-0.15, -0.1) is 0 Å². The molecule has 0 atom stereocenters. The number of carboxylic acids is 1. The van der Waals surface area contributed by atoms with Gasteiger partial charge in [-0.3, -0.25) is 24.6 Å². The van der Waals surface area contributed by atoms with Crippen LogP contribution in [-0.4, -0.2) is 46.9 Å². The van der Waals surface area contributed by atoms with Crippen molar-refractivity contribution in [3.05, 3.63) is 29.3 Å². The molecule has 0 unspecified atom stereocenters. The van der Waals surface area contributed by atoms with Crippen molar-refractivity contribution >= 4 is 29.5 Å². The van der Waals surface area contributed by atoms with Crippen LogP contribution in [0.25, 0.3) is 0 Å². The van der Waals surface area contributed by atoms with E-state index in [2.05, 4.69) is 5.32 Å². The van der Waals surface area contributed by atoms with Crippen molar-refractivity contribution in [3.8, 4) is 0 Å². The summed E-state index contributed by atoms with van der Waals surface area (Å²) in [7, 11) is 0. The number of carbonyl (C=O) groups is 4. The van der Waals surface area contributed by atoms with E-state index in [1.165, 1.54) is 9.80 Å². The van der Waals surface area contributed by atoms with E-state index in [4.69, 9.17) is 5.11 Å². The maximum Gasteiger partial charge on any atom is 0.328 e. The van der Waals surface area contributed by atoms with Crippen LogP contribution in [-0.2, 0) is 16.1 Å². The number of aliphatic carboxylic acids is 1. The van der Waals surface area contributed by atoms with E-state index in [0.717, 1.165) is 5.56 Å². The topological polar surface area (TPSA) is 107 Å². The Kier molecular flexibility index (Phi) is 3.28. The largest absolute Gasteiger partial charge is 0.480 e. The third kappa shape index (κ3) is 2.39. The van der Waals surface area contributed by atoms with Gasteiger partial charge in [0.15, 0.2) is 0 Å². The lowest BCUT2D eigenvalue weighted by Crippen LogP contribution is -2.49. The van der Waals surface area contributed by atoms with Crippen molar-refractivity contribution in [1.82, 2.24) is 10.2 Å². The molecule has 0 radical (unpaired) electrons. The molecule has 2 heterocycles. The second kappa shape index (κ2) is 5.14. The predicted molar refractivity (Wildman–Crippen MR) is 74.3 cm³/mol. The number of rotatable bonds is 3. The first-order valence-corrected chi connectivity index (χ1v) is 6.71. The van der Waals surface area contributed by atoms with Crippen molar-refractivity contribution < 1.29 is 24.3 Å². The van der Waals surface area contributed by atoms with Crippen molar-refractivity contribution in [3.63, 3.8) is 0 Å². The molecule has 0 aromatic heterocycles. The molecule has 2 aliphatic rings. The minimum atomic E-state index is -1.07. The summed E-state index contributed by atoms with van der Waals surface area (Å²) in [5, 5.41) is 11.0. The van der Waals surface area contributed by atoms with Gasteiger partial charge in [0.1, 0.15) is 6.54 Å². The highest BCUT2D eigenvalue weighted by atomic mass is 16.4. The van der Waals surface area contributed by atoms with E-state index in [9.17, 15) is 19.2 Å². The van der Waals surface area contributed by atoms with E-state index < -0.39 is 12.0 Å². The second-order valence-electron chi connectivity index (χ2n) is 5.15. The zero-order valence-corrected chi connectivity index (χ0v) is 11.5. The number of imide groups is 1. The Balaban J connectivity index is 1.86. The SMILES string of the molecule is O=C(O)CN1Cc2ccc(N3CCC(=O)NC3=O)cc2C1=O. The van der Waals surface area contributed by atoms with Crippen LogP contribution in [0, 0.1) is 0 Å². The predicted octanol–water partition coefficient (Wildman–Crippen LogP) is 0.173.